The van der Waals surface area contributed by atoms with E-state index in [9.17, 15) is 9.59 Å². The highest BCUT2D eigenvalue weighted by molar-refractivity contribution is 6.32. The van der Waals surface area contributed by atoms with Crippen LogP contribution in [0, 0.1) is 0 Å². The van der Waals surface area contributed by atoms with Gasteiger partial charge < -0.3 is 9.47 Å². The number of aromatic nitrogens is 2. The van der Waals surface area contributed by atoms with Crippen molar-refractivity contribution >= 4 is 55.3 Å². The van der Waals surface area contributed by atoms with E-state index >= 15 is 0 Å². The van der Waals surface area contributed by atoms with E-state index in [0.29, 0.717) is 11.0 Å². The lowest BCUT2D eigenvalue weighted by atomic mass is 9.92. The molecule has 0 bridgehead atoms. The maximum atomic E-state index is 12.4. The molecule has 3 aromatic carbocycles. The van der Waals surface area contributed by atoms with E-state index < -0.39 is 11.9 Å². The number of nitrogens with zero attached hydrogens (tertiary/aromatic N) is 2. The average Bonchev–Trinajstić information content (AvgIpc) is 2.76. The number of esters is 2. The molecule has 0 radical (unpaired) electrons. The molecule has 148 valence electrons. The predicted molar refractivity (Wildman–Crippen MR) is 115 cm³/mol. The van der Waals surface area contributed by atoms with Crippen molar-refractivity contribution in [2.75, 3.05) is 13.2 Å². The maximum absolute atomic E-state index is 12.4. The van der Waals surface area contributed by atoms with Crippen molar-refractivity contribution in [3.05, 3.63) is 59.9 Å². The molecule has 6 nitrogen and oxygen atoms in total. The highest BCUT2D eigenvalue weighted by Crippen LogP contribution is 2.39. The summed E-state index contributed by atoms with van der Waals surface area (Å²) in [6.07, 6.45) is 0. The molecular formula is C24H18N2O4. The maximum Gasteiger partial charge on any atom is 0.356 e. The van der Waals surface area contributed by atoms with Gasteiger partial charge in [-0.3, -0.25) is 0 Å². The van der Waals surface area contributed by atoms with Crippen LogP contribution in [0.15, 0.2) is 48.5 Å². The molecule has 0 N–H and O–H groups in total. The molecule has 0 saturated carbocycles. The molecule has 2 heterocycles. The van der Waals surface area contributed by atoms with Crippen LogP contribution < -0.4 is 0 Å². The third-order valence-corrected chi connectivity index (χ3v) is 5.22. The fourth-order valence-electron chi connectivity index (χ4n) is 4.07. The van der Waals surface area contributed by atoms with E-state index in [2.05, 4.69) is 9.97 Å². The average molecular weight is 398 g/mol. The van der Waals surface area contributed by atoms with Crippen molar-refractivity contribution in [3.63, 3.8) is 0 Å². The van der Waals surface area contributed by atoms with E-state index in [4.69, 9.17) is 9.47 Å². The number of hydrogen-bond donors (Lipinski definition) is 0. The summed E-state index contributed by atoms with van der Waals surface area (Å²) in [5.41, 5.74) is 1.94. The molecule has 0 aliphatic heterocycles. The fraction of sp³-hybridized carbons (Fsp3) is 0.167. The van der Waals surface area contributed by atoms with Crippen LogP contribution in [-0.2, 0) is 9.47 Å². The summed E-state index contributed by atoms with van der Waals surface area (Å²) in [5, 5.41) is 5.58. The number of ether oxygens (including phenoxy) is 2. The fourth-order valence-corrected chi connectivity index (χ4v) is 4.07. The molecule has 0 aliphatic rings. The van der Waals surface area contributed by atoms with Gasteiger partial charge in [-0.1, -0.05) is 24.3 Å². The van der Waals surface area contributed by atoms with Gasteiger partial charge in [0.1, 0.15) is 11.4 Å². The first-order chi connectivity index (χ1) is 14.6. The summed E-state index contributed by atoms with van der Waals surface area (Å²) >= 11 is 0. The molecular weight excluding hydrogens is 380 g/mol. The summed E-state index contributed by atoms with van der Waals surface area (Å²) in [7, 11) is 0. The minimum atomic E-state index is -0.449. The Labute approximate surface area is 171 Å². The van der Waals surface area contributed by atoms with Gasteiger partial charge in [-0.2, -0.15) is 0 Å². The van der Waals surface area contributed by atoms with Gasteiger partial charge >= 0.3 is 11.9 Å². The first-order valence-electron chi connectivity index (χ1n) is 9.85. The molecule has 6 heteroatoms. The van der Waals surface area contributed by atoms with Gasteiger partial charge in [-0.25, -0.2) is 19.6 Å². The monoisotopic (exact) mass is 398 g/mol. The van der Waals surface area contributed by atoms with E-state index in [-0.39, 0.29) is 24.6 Å². The zero-order valence-electron chi connectivity index (χ0n) is 16.6. The first kappa shape index (κ1) is 18.2. The lowest BCUT2D eigenvalue weighted by Crippen LogP contribution is -2.08. The second kappa shape index (κ2) is 6.91. The van der Waals surface area contributed by atoms with E-state index in [1.807, 2.05) is 36.4 Å². The molecule has 5 aromatic rings. The van der Waals surface area contributed by atoms with Crippen LogP contribution in [0.1, 0.15) is 34.8 Å². The van der Waals surface area contributed by atoms with Crippen molar-refractivity contribution in [1.82, 2.24) is 9.97 Å². The van der Waals surface area contributed by atoms with Crippen LogP contribution in [0.5, 0.6) is 0 Å². The molecule has 0 saturated heterocycles. The second-order valence-corrected chi connectivity index (χ2v) is 6.95. The Morgan fingerprint density at radius 1 is 0.700 bits per heavy atom. The molecule has 5 rings (SSSR count). The summed E-state index contributed by atoms with van der Waals surface area (Å²) in [6.45, 7) is 4.11. The van der Waals surface area contributed by atoms with Crippen molar-refractivity contribution in [1.29, 1.82) is 0 Å². The Morgan fingerprint density at radius 2 is 1.13 bits per heavy atom. The Bertz CT molecular complexity index is 1350. The third-order valence-electron chi connectivity index (χ3n) is 5.22. The standard InChI is InChI=1S/C24H18N2O4/c1-3-29-23(27)19-11-15-13-7-6-10-18-22(13)16(12-20(26-18)24(28)30-4-2)14-8-5-9-17(25-19)21(14)15/h5-12H,3-4H2,1-2H3. The van der Waals surface area contributed by atoms with Crippen LogP contribution in [-0.4, -0.2) is 35.1 Å². The van der Waals surface area contributed by atoms with E-state index in [0.717, 1.165) is 32.3 Å². The number of fused-ring (bicyclic) bond motifs is 2. The number of pyridine rings is 2. The molecule has 0 amide bonds. The second-order valence-electron chi connectivity index (χ2n) is 6.95. The quantitative estimate of drug-likeness (QED) is 0.244. The highest BCUT2D eigenvalue weighted by atomic mass is 16.5. The van der Waals surface area contributed by atoms with Crippen molar-refractivity contribution in [2.24, 2.45) is 0 Å². The largest absolute Gasteiger partial charge is 0.461 e. The Balaban J connectivity index is 1.94. The topological polar surface area (TPSA) is 78.4 Å². The van der Waals surface area contributed by atoms with Crippen LogP contribution in [0.25, 0.3) is 43.4 Å². The summed E-state index contributed by atoms with van der Waals surface area (Å²) in [6, 6.07) is 15.1. The van der Waals surface area contributed by atoms with Gasteiger partial charge in [0, 0.05) is 10.8 Å². The number of hydrogen-bond acceptors (Lipinski definition) is 6. The van der Waals surface area contributed by atoms with Gasteiger partial charge in [-0.15, -0.1) is 0 Å². The van der Waals surface area contributed by atoms with Crippen LogP contribution in [0.2, 0.25) is 0 Å². The minimum absolute atomic E-state index is 0.271. The van der Waals surface area contributed by atoms with Crippen LogP contribution >= 0.6 is 0 Å². The normalized spacial score (nSPS) is 11.5. The Hall–Kier alpha value is -3.80. The van der Waals surface area contributed by atoms with Crippen LogP contribution in [0.3, 0.4) is 0 Å². The molecule has 0 fully saturated rings. The lowest BCUT2D eigenvalue weighted by molar-refractivity contribution is 0.0510. The predicted octanol–water partition coefficient (Wildman–Crippen LogP) is 4.88. The Kier molecular flexibility index (Phi) is 4.20. The van der Waals surface area contributed by atoms with Crippen LogP contribution in [0.4, 0.5) is 0 Å². The molecule has 0 spiro atoms. The molecule has 0 atom stereocenters. The number of rotatable bonds is 4. The summed E-state index contributed by atoms with van der Waals surface area (Å²) in [5.74, 6) is -0.899. The third kappa shape index (κ3) is 2.64. The smallest absolute Gasteiger partial charge is 0.356 e. The van der Waals surface area contributed by atoms with Gasteiger partial charge in [0.15, 0.2) is 0 Å². The number of benzene rings is 3. The van der Waals surface area contributed by atoms with Gasteiger partial charge in [0.2, 0.25) is 0 Å². The van der Waals surface area contributed by atoms with Crippen molar-refractivity contribution < 1.29 is 19.1 Å². The minimum Gasteiger partial charge on any atom is -0.461 e. The zero-order valence-corrected chi connectivity index (χ0v) is 16.6. The summed E-state index contributed by atoms with van der Waals surface area (Å²) < 4.78 is 10.3. The lowest BCUT2D eigenvalue weighted by Gasteiger charge is -2.15. The first-order valence-corrected chi connectivity index (χ1v) is 9.85. The SMILES string of the molecule is CCOC(=O)c1cc2c3cccc4nc(C(=O)OCC)cc(c5cccc(n1)c52)c43. The zero-order chi connectivity index (χ0) is 20.8. The van der Waals surface area contributed by atoms with Gasteiger partial charge in [0.05, 0.1) is 24.2 Å². The molecule has 0 unspecified atom stereocenters. The molecule has 30 heavy (non-hydrogen) atoms. The van der Waals surface area contributed by atoms with Gasteiger partial charge in [0.25, 0.3) is 0 Å². The molecule has 0 aliphatic carbocycles. The van der Waals surface area contributed by atoms with Crippen molar-refractivity contribution in [3.8, 4) is 0 Å². The Morgan fingerprint density at radius 3 is 1.53 bits per heavy atom. The van der Waals surface area contributed by atoms with E-state index in [1.165, 1.54) is 0 Å². The van der Waals surface area contributed by atoms with E-state index in [1.54, 1.807) is 26.0 Å². The number of carbonyl (C=O) groups is 2. The highest BCUT2D eigenvalue weighted by Gasteiger charge is 2.20. The molecule has 2 aromatic heterocycles. The van der Waals surface area contributed by atoms with Gasteiger partial charge in [-0.05, 0) is 59.7 Å². The van der Waals surface area contributed by atoms with Crippen molar-refractivity contribution in [2.45, 2.75) is 13.8 Å². The summed E-state index contributed by atoms with van der Waals surface area (Å²) in [4.78, 5) is 33.8. The number of carbonyl (C=O) groups excluding carboxylic acids is 2.